The highest BCUT2D eigenvalue weighted by atomic mass is 16.6. The Labute approximate surface area is 159 Å². The summed E-state index contributed by atoms with van der Waals surface area (Å²) >= 11 is 0. The minimum atomic E-state index is -0.332. The molecule has 146 valence electrons. The first kappa shape index (κ1) is 19.2. The molecule has 0 spiro atoms. The molecule has 1 saturated carbocycles. The lowest BCUT2D eigenvalue weighted by Crippen LogP contribution is -2.51. The summed E-state index contributed by atoms with van der Waals surface area (Å²) in [5, 5.41) is 2.93. The Balaban J connectivity index is 1.49. The third kappa shape index (κ3) is 4.59. The Morgan fingerprint density at radius 1 is 1.00 bits per heavy atom. The Morgan fingerprint density at radius 2 is 1.59 bits per heavy atom. The second-order valence-corrected chi connectivity index (χ2v) is 7.33. The maximum Gasteiger partial charge on any atom is 0.409 e. The minimum Gasteiger partial charge on any atom is -0.450 e. The average molecular weight is 373 g/mol. The number of aryl methyl sites for hydroxylation is 2. The number of nitrogens with one attached hydrogen (secondary N) is 1. The summed E-state index contributed by atoms with van der Waals surface area (Å²) in [6, 6.07) is 5.91. The second-order valence-electron chi connectivity index (χ2n) is 7.33. The minimum absolute atomic E-state index is 0.0130. The zero-order chi connectivity index (χ0) is 19.6. The van der Waals surface area contributed by atoms with Crippen molar-refractivity contribution in [3.63, 3.8) is 0 Å². The van der Waals surface area contributed by atoms with Crippen LogP contribution in [0.15, 0.2) is 18.2 Å². The van der Waals surface area contributed by atoms with Gasteiger partial charge in [-0.2, -0.15) is 0 Å². The largest absolute Gasteiger partial charge is 0.450 e. The number of benzene rings is 1. The normalized spacial score (nSPS) is 21.6. The molecule has 0 aromatic heterocycles. The van der Waals surface area contributed by atoms with Gasteiger partial charge in [0.05, 0.1) is 18.4 Å². The monoisotopic (exact) mass is 373 g/mol. The summed E-state index contributed by atoms with van der Waals surface area (Å²) in [5.74, 6) is -0.589. The van der Waals surface area contributed by atoms with Crippen LogP contribution >= 0.6 is 0 Å². The second kappa shape index (κ2) is 7.98. The van der Waals surface area contributed by atoms with Crippen LogP contribution in [-0.2, 0) is 14.3 Å². The molecule has 7 heteroatoms. The van der Waals surface area contributed by atoms with Crippen LogP contribution in [0.3, 0.4) is 0 Å². The molecular formula is C20H27N3O4. The molecule has 1 N–H and O–H groups in total. The topological polar surface area (TPSA) is 79.0 Å². The van der Waals surface area contributed by atoms with Gasteiger partial charge in [0.25, 0.3) is 0 Å². The third-order valence-corrected chi connectivity index (χ3v) is 5.05. The van der Waals surface area contributed by atoms with Crippen LogP contribution in [0.1, 0.15) is 24.5 Å². The van der Waals surface area contributed by atoms with Crippen molar-refractivity contribution in [3.05, 3.63) is 29.3 Å². The standard InChI is InChI=1S/C20H27N3O4/c1-4-27-20(26)23-7-5-22(6-8-23)19(25)17-12-16(17)18(24)21-15-10-13(2)9-14(3)11-15/h9-11,16-17H,4-8,12H2,1-3H3,(H,21,24). The number of anilines is 1. The Bertz CT molecular complexity index is 720. The molecule has 2 fully saturated rings. The fourth-order valence-electron chi connectivity index (χ4n) is 3.60. The number of hydrogen-bond donors (Lipinski definition) is 1. The van der Waals surface area contributed by atoms with Gasteiger partial charge in [0.1, 0.15) is 0 Å². The maximum absolute atomic E-state index is 12.6. The van der Waals surface area contributed by atoms with E-state index in [-0.39, 0.29) is 29.7 Å². The number of nitrogens with zero attached hydrogens (tertiary/aromatic N) is 2. The summed E-state index contributed by atoms with van der Waals surface area (Å²) in [6.07, 6.45) is 0.259. The van der Waals surface area contributed by atoms with Crippen LogP contribution in [0, 0.1) is 25.7 Å². The molecule has 0 bridgehead atoms. The van der Waals surface area contributed by atoms with Gasteiger partial charge in [-0.05, 0) is 50.5 Å². The SMILES string of the molecule is CCOC(=O)N1CCN(C(=O)C2CC2C(=O)Nc2cc(C)cc(C)c2)CC1. The van der Waals surface area contributed by atoms with Crippen molar-refractivity contribution in [2.75, 3.05) is 38.1 Å². The van der Waals surface area contributed by atoms with Gasteiger partial charge in [0.15, 0.2) is 0 Å². The molecule has 1 saturated heterocycles. The number of rotatable bonds is 4. The van der Waals surface area contributed by atoms with Crippen LogP contribution in [0.4, 0.5) is 10.5 Å². The van der Waals surface area contributed by atoms with Gasteiger partial charge < -0.3 is 19.9 Å². The first-order valence-corrected chi connectivity index (χ1v) is 9.48. The van der Waals surface area contributed by atoms with E-state index in [4.69, 9.17) is 4.74 Å². The van der Waals surface area contributed by atoms with Gasteiger partial charge >= 0.3 is 6.09 Å². The number of carbonyl (C=O) groups excluding carboxylic acids is 3. The van der Waals surface area contributed by atoms with E-state index < -0.39 is 0 Å². The predicted octanol–water partition coefficient (Wildman–Crippen LogP) is 2.18. The maximum atomic E-state index is 12.6. The molecule has 1 aromatic rings. The molecule has 1 aromatic carbocycles. The summed E-state index contributed by atoms with van der Waals surface area (Å²) in [5.41, 5.74) is 2.96. The van der Waals surface area contributed by atoms with Gasteiger partial charge in [-0.25, -0.2) is 4.79 Å². The number of amides is 3. The molecule has 0 radical (unpaired) electrons. The Morgan fingerprint density at radius 3 is 2.19 bits per heavy atom. The first-order valence-electron chi connectivity index (χ1n) is 9.48. The molecule has 2 aliphatic rings. The van der Waals surface area contributed by atoms with E-state index in [0.717, 1.165) is 16.8 Å². The van der Waals surface area contributed by atoms with Gasteiger partial charge in [0, 0.05) is 31.9 Å². The van der Waals surface area contributed by atoms with Crippen LogP contribution < -0.4 is 5.32 Å². The van der Waals surface area contributed by atoms with Crippen molar-refractivity contribution in [2.24, 2.45) is 11.8 Å². The number of carbonyl (C=O) groups is 3. The highest BCUT2D eigenvalue weighted by Crippen LogP contribution is 2.41. The molecule has 7 nitrogen and oxygen atoms in total. The van der Waals surface area contributed by atoms with Gasteiger partial charge in [0.2, 0.25) is 11.8 Å². The molecule has 1 aliphatic carbocycles. The number of piperazine rings is 1. The molecule has 2 atom stereocenters. The molecule has 3 rings (SSSR count). The zero-order valence-electron chi connectivity index (χ0n) is 16.2. The molecule has 1 heterocycles. The van der Waals surface area contributed by atoms with Crippen molar-refractivity contribution in [2.45, 2.75) is 27.2 Å². The van der Waals surface area contributed by atoms with Crippen LogP contribution in [0.5, 0.6) is 0 Å². The molecular weight excluding hydrogens is 346 g/mol. The van der Waals surface area contributed by atoms with E-state index in [1.807, 2.05) is 26.0 Å². The molecule has 3 amide bonds. The van der Waals surface area contributed by atoms with E-state index in [9.17, 15) is 14.4 Å². The van der Waals surface area contributed by atoms with E-state index in [1.165, 1.54) is 0 Å². The Kier molecular flexibility index (Phi) is 5.68. The lowest BCUT2D eigenvalue weighted by molar-refractivity contribution is -0.135. The first-order chi connectivity index (χ1) is 12.9. The summed E-state index contributed by atoms with van der Waals surface area (Å²) in [6.45, 7) is 8.00. The molecule has 27 heavy (non-hydrogen) atoms. The van der Waals surface area contributed by atoms with Crippen LogP contribution in [0.25, 0.3) is 0 Å². The summed E-state index contributed by atoms with van der Waals surface area (Å²) in [7, 11) is 0. The lowest BCUT2D eigenvalue weighted by Gasteiger charge is -2.34. The summed E-state index contributed by atoms with van der Waals surface area (Å²) in [4.78, 5) is 40.2. The van der Waals surface area contributed by atoms with E-state index >= 15 is 0 Å². The average Bonchev–Trinajstić information content (AvgIpc) is 3.41. The smallest absolute Gasteiger partial charge is 0.409 e. The number of ether oxygens (including phenoxy) is 1. The summed E-state index contributed by atoms with van der Waals surface area (Å²) < 4.78 is 4.99. The van der Waals surface area contributed by atoms with Crippen LogP contribution in [-0.4, -0.2) is 60.5 Å². The van der Waals surface area contributed by atoms with E-state index in [2.05, 4.69) is 11.4 Å². The fraction of sp³-hybridized carbons (Fsp3) is 0.550. The highest BCUT2D eigenvalue weighted by molar-refractivity contribution is 5.99. The molecule has 1 aliphatic heterocycles. The predicted molar refractivity (Wildman–Crippen MR) is 101 cm³/mol. The molecule has 2 unspecified atom stereocenters. The van der Waals surface area contributed by atoms with E-state index in [1.54, 1.807) is 16.7 Å². The quantitative estimate of drug-likeness (QED) is 0.877. The van der Waals surface area contributed by atoms with Crippen molar-refractivity contribution in [3.8, 4) is 0 Å². The number of hydrogen-bond acceptors (Lipinski definition) is 4. The fourth-order valence-corrected chi connectivity index (χ4v) is 3.60. The Hall–Kier alpha value is -2.57. The van der Waals surface area contributed by atoms with Crippen molar-refractivity contribution in [1.82, 2.24) is 9.80 Å². The van der Waals surface area contributed by atoms with Crippen molar-refractivity contribution < 1.29 is 19.1 Å². The van der Waals surface area contributed by atoms with Crippen LogP contribution in [0.2, 0.25) is 0 Å². The van der Waals surface area contributed by atoms with E-state index in [0.29, 0.717) is 39.2 Å². The lowest BCUT2D eigenvalue weighted by atomic mass is 10.1. The van der Waals surface area contributed by atoms with Gasteiger partial charge in [-0.3, -0.25) is 9.59 Å². The highest BCUT2D eigenvalue weighted by Gasteiger charge is 2.49. The van der Waals surface area contributed by atoms with Gasteiger partial charge in [-0.1, -0.05) is 6.07 Å². The van der Waals surface area contributed by atoms with Crippen molar-refractivity contribution in [1.29, 1.82) is 0 Å². The third-order valence-electron chi connectivity index (χ3n) is 5.05. The van der Waals surface area contributed by atoms with Gasteiger partial charge in [-0.15, -0.1) is 0 Å². The van der Waals surface area contributed by atoms with Crippen molar-refractivity contribution >= 4 is 23.6 Å². The zero-order valence-corrected chi connectivity index (χ0v) is 16.2.